The number of carboxylic acids is 1. The fourth-order valence-electron chi connectivity index (χ4n) is 3.27. The van der Waals surface area contributed by atoms with Crippen LogP contribution in [0.3, 0.4) is 0 Å². The van der Waals surface area contributed by atoms with Gasteiger partial charge in [-0.25, -0.2) is 4.98 Å². The minimum atomic E-state index is -0.899. The quantitative estimate of drug-likeness (QED) is 0.810. The number of ether oxygens (including phenoxy) is 2. The molecule has 0 amide bonds. The zero-order valence-electron chi connectivity index (χ0n) is 14.2. The third-order valence-corrected chi connectivity index (χ3v) is 4.80. The third-order valence-electron chi connectivity index (χ3n) is 4.80. The molecule has 25 heavy (non-hydrogen) atoms. The van der Waals surface area contributed by atoms with E-state index in [1.165, 1.54) is 7.11 Å². The van der Waals surface area contributed by atoms with Crippen LogP contribution >= 0.6 is 0 Å². The van der Waals surface area contributed by atoms with Crippen LogP contribution in [0.25, 0.3) is 10.9 Å². The number of nitrogens with zero attached hydrogens (tertiary/aromatic N) is 2. The number of hydrogen-bond acceptors (Lipinski definition) is 6. The number of nitrogens with one attached hydrogen (secondary N) is 1. The summed E-state index contributed by atoms with van der Waals surface area (Å²) in [4.78, 5) is 33.2. The highest BCUT2D eigenvalue weighted by atomic mass is 16.5. The maximum atomic E-state index is 12.4. The SMILES string of the molecule is COCCC1(C(=O)O)CCN(c2nc3c(OC)cccc3c(=O)[nH]2)C1. The second-order valence-corrected chi connectivity index (χ2v) is 6.25. The standard InChI is InChI=1S/C17H21N3O5/c1-24-9-7-17(15(22)23)6-8-20(10-17)16-18-13-11(14(21)19-16)4-3-5-12(13)25-2/h3-5H,6-10H2,1-2H3,(H,22,23)(H,18,19,21). The summed E-state index contributed by atoms with van der Waals surface area (Å²) >= 11 is 0. The number of aromatic nitrogens is 2. The lowest BCUT2D eigenvalue weighted by Gasteiger charge is -2.24. The lowest BCUT2D eigenvalue weighted by Crippen LogP contribution is -2.36. The summed E-state index contributed by atoms with van der Waals surface area (Å²) < 4.78 is 10.3. The number of H-pyrrole nitrogens is 1. The Morgan fingerprint density at radius 3 is 2.92 bits per heavy atom. The molecule has 1 aromatic heterocycles. The number of carboxylic acid groups (broad SMARTS) is 1. The first-order chi connectivity index (χ1) is 12.0. The molecule has 1 aliphatic rings. The van der Waals surface area contributed by atoms with Crippen LogP contribution in [0.5, 0.6) is 5.75 Å². The number of benzene rings is 1. The molecule has 8 heteroatoms. The van der Waals surface area contributed by atoms with E-state index in [1.807, 2.05) is 0 Å². The van der Waals surface area contributed by atoms with Gasteiger partial charge in [-0.2, -0.15) is 0 Å². The van der Waals surface area contributed by atoms with Crippen LogP contribution in [0.15, 0.2) is 23.0 Å². The number of anilines is 1. The summed E-state index contributed by atoms with van der Waals surface area (Å²) in [7, 11) is 3.07. The molecular weight excluding hydrogens is 326 g/mol. The van der Waals surface area contributed by atoms with Gasteiger partial charge in [-0.1, -0.05) is 6.07 Å². The van der Waals surface area contributed by atoms with Crippen LogP contribution < -0.4 is 15.2 Å². The van der Waals surface area contributed by atoms with Crippen molar-refractivity contribution in [1.29, 1.82) is 0 Å². The molecule has 2 heterocycles. The Labute approximate surface area is 144 Å². The molecule has 0 spiro atoms. The van der Waals surface area contributed by atoms with Gasteiger partial charge < -0.3 is 19.5 Å². The van der Waals surface area contributed by atoms with Crippen LogP contribution in [0.2, 0.25) is 0 Å². The van der Waals surface area contributed by atoms with Gasteiger partial charge in [0.05, 0.1) is 17.9 Å². The van der Waals surface area contributed by atoms with Gasteiger partial charge in [0, 0.05) is 26.8 Å². The second-order valence-electron chi connectivity index (χ2n) is 6.25. The molecule has 1 aliphatic heterocycles. The minimum Gasteiger partial charge on any atom is -0.494 e. The number of aromatic amines is 1. The summed E-state index contributed by atoms with van der Waals surface area (Å²) in [6.07, 6.45) is 0.885. The summed E-state index contributed by atoms with van der Waals surface area (Å²) in [6.45, 7) is 1.14. The Bertz CT molecular complexity index is 850. The zero-order chi connectivity index (χ0) is 18.0. The fraction of sp³-hybridized carbons (Fsp3) is 0.471. The molecule has 1 atom stereocenters. The van der Waals surface area contributed by atoms with Crippen molar-refractivity contribution in [3.05, 3.63) is 28.6 Å². The van der Waals surface area contributed by atoms with Crippen LogP contribution in [0.1, 0.15) is 12.8 Å². The van der Waals surface area contributed by atoms with Crippen molar-refractivity contribution in [2.45, 2.75) is 12.8 Å². The number of rotatable bonds is 6. The molecular formula is C17H21N3O5. The molecule has 1 aromatic carbocycles. The predicted molar refractivity (Wildman–Crippen MR) is 92.3 cm³/mol. The van der Waals surface area contributed by atoms with Gasteiger partial charge in [-0.3, -0.25) is 14.6 Å². The minimum absolute atomic E-state index is 0.273. The Balaban J connectivity index is 1.97. The van der Waals surface area contributed by atoms with E-state index in [1.54, 1.807) is 30.2 Å². The van der Waals surface area contributed by atoms with Crippen molar-refractivity contribution >= 4 is 22.8 Å². The molecule has 134 valence electrons. The van der Waals surface area contributed by atoms with Crippen molar-refractivity contribution in [1.82, 2.24) is 9.97 Å². The van der Waals surface area contributed by atoms with E-state index >= 15 is 0 Å². The number of methoxy groups -OCH3 is 2. The fourth-order valence-corrected chi connectivity index (χ4v) is 3.27. The average Bonchev–Trinajstić information content (AvgIpc) is 3.05. The highest BCUT2D eigenvalue weighted by molar-refractivity contribution is 5.84. The van der Waals surface area contributed by atoms with Crippen molar-refractivity contribution in [2.75, 3.05) is 38.8 Å². The van der Waals surface area contributed by atoms with Crippen molar-refractivity contribution in [3.63, 3.8) is 0 Å². The molecule has 1 fully saturated rings. The van der Waals surface area contributed by atoms with Gasteiger partial charge in [0.25, 0.3) is 5.56 Å². The first kappa shape index (κ1) is 17.2. The number of hydrogen-bond donors (Lipinski definition) is 2. The van der Waals surface area contributed by atoms with Crippen LogP contribution in [0, 0.1) is 5.41 Å². The van der Waals surface area contributed by atoms with Gasteiger partial charge in [0.2, 0.25) is 5.95 Å². The van der Waals surface area contributed by atoms with Crippen LogP contribution in [-0.4, -0.2) is 55.0 Å². The predicted octanol–water partition coefficient (Wildman–Crippen LogP) is 1.25. The van der Waals surface area contributed by atoms with Crippen LogP contribution in [-0.2, 0) is 9.53 Å². The van der Waals surface area contributed by atoms with E-state index in [0.29, 0.717) is 48.6 Å². The topological polar surface area (TPSA) is 105 Å². The Morgan fingerprint density at radius 2 is 2.24 bits per heavy atom. The molecule has 0 saturated carbocycles. The maximum absolute atomic E-state index is 12.4. The van der Waals surface area contributed by atoms with E-state index in [2.05, 4.69) is 9.97 Å². The monoisotopic (exact) mass is 347 g/mol. The van der Waals surface area contributed by atoms with E-state index in [9.17, 15) is 14.7 Å². The largest absolute Gasteiger partial charge is 0.494 e. The highest BCUT2D eigenvalue weighted by Gasteiger charge is 2.45. The average molecular weight is 347 g/mol. The van der Waals surface area contributed by atoms with Crippen LogP contribution in [0.4, 0.5) is 5.95 Å². The van der Waals surface area contributed by atoms with Gasteiger partial charge in [-0.15, -0.1) is 0 Å². The zero-order valence-corrected chi connectivity index (χ0v) is 14.2. The molecule has 0 aliphatic carbocycles. The van der Waals surface area contributed by atoms with E-state index in [4.69, 9.17) is 9.47 Å². The Hall–Kier alpha value is -2.61. The van der Waals surface area contributed by atoms with E-state index in [0.717, 1.165) is 0 Å². The van der Waals surface area contributed by atoms with Crippen molar-refractivity contribution in [3.8, 4) is 5.75 Å². The van der Waals surface area contributed by atoms with Gasteiger partial charge >= 0.3 is 5.97 Å². The van der Waals surface area contributed by atoms with E-state index < -0.39 is 11.4 Å². The highest BCUT2D eigenvalue weighted by Crippen LogP contribution is 2.36. The number of para-hydroxylation sites is 1. The molecule has 2 aromatic rings. The molecule has 8 nitrogen and oxygen atoms in total. The summed E-state index contributed by atoms with van der Waals surface area (Å²) in [5.74, 6) is 0.0169. The first-order valence-corrected chi connectivity index (χ1v) is 8.05. The van der Waals surface area contributed by atoms with Gasteiger partial charge in [0.15, 0.2) is 0 Å². The third kappa shape index (κ3) is 3.05. The molecule has 3 rings (SSSR count). The lowest BCUT2D eigenvalue weighted by molar-refractivity contribution is -0.148. The van der Waals surface area contributed by atoms with Gasteiger partial charge in [0.1, 0.15) is 11.3 Å². The molecule has 2 N–H and O–H groups in total. The first-order valence-electron chi connectivity index (χ1n) is 8.05. The lowest BCUT2D eigenvalue weighted by atomic mass is 9.84. The number of aliphatic carboxylic acids is 1. The van der Waals surface area contributed by atoms with E-state index in [-0.39, 0.29) is 12.1 Å². The molecule has 0 bridgehead atoms. The Kier molecular flexibility index (Phi) is 4.63. The van der Waals surface area contributed by atoms with Gasteiger partial charge in [-0.05, 0) is 25.0 Å². The van der Waals surface area contributed by atoms with Crippen molar-refractivity contribution in [2.24, 2.45) is 5.41 Å². The van der Waals surface area contributed by atoms with Crippen molar-refractivity contribution < 1.29 is 19.4 Å². The molecule has 0 radical (unpaired) electrons. The second kappa shape index (κ2) is 6.72. The molecule has 1 unspecified atom stereocenters. The maximum Gasteiger partial charge on any atom is 0.311 e. The smallest absolute Gasteiger partial charge is 0.311 e. The number of carbonyl (C=O) groups is 1. The summed E-state index contributed by atoms with van der Waals surface area (Å²) in [6, 6.07) is 5.15. The Morgan fingerprint density at radius 1 is 1.44 bits per heavy atom. The normalized spacial score (nSPS) is 20.2. The summed E-state index contributed by atoms with van der Waals surface area (Å²) in [5, 5.41) is 10.1. The summed E-state index contributed by atoms with van der Waals surface area (Å²) in [5.41, 5.74) is -0.707. The number of fused-ring (bicyclic) bond motifs is 1. The molecule has 1 saturated heterocycles.